The van der Waals surface area contributed by atoms with Crippen molar-refractivity contribution in [3.8, 4) is 0 Å². The molecule has 2 aromatic carbocycles. The van der Waals surface area contributed by atoms with Crippen molar-refractivity contribution in [1.29, 1.82) is 0 Å². The molecule has 170 valence electrons. The summed E-state index contributed by atoms with van der Waals surface area (Å²) in [5.41, 5.74) is 4.41. The van der Waals surface area contributed by atoms with Gasteiger partial charge < -0.3 is 10.6 Å². The predicted octanol–water partition coefficient (Wildman–Crippen LogP) is 5.22. The Morgan fingerprint density at radius 2 is 1.74 bits per heavy atom. The molecule has 1 aromatic heterocycles. The molecule has 0 fully saturated rings. The Balaban J connectivity index is 1.56. The van der Waals surface area contributed by atoms with E-state index < -0.39 is 17.6 Å². The van der Waals surface area contributed by atoms with E-state index in [9.17, 15) is 14.0 Å². The summed E-state index contributed by atoms with van der Waals surface area (Å²) in [5, 5.41) is 6.03. The lowest BCUT2D eigenvalue weighted by Crippen LogP contribution is -2.37. The molecule has 1 aliphatic heterocycles. The molecule has 2 atom stereocenters. The van der Waals surface area contributed by atoms with Crippen molar-refractivity contribution in [2.45, 2.75) is 31.6 Å². The average molecular weight is 454 g/mol. The minimum Gasteiger partial charge on any atom is -0.362 e. The van der Waals surface area contributed by atoms with Crippen molar-refractivity contribution < 1.29 is 14.0 Å². The smallest absolute Gasteiger partial charge is 0.254 e. The van der Waals surface area contributed by atoms with Gasteiger partial charge >= 0.3 is 0 Å². The van der Waals surface area contributed by atoms with Gasteiger partial charge in [0.1, 0.15) is 5.82 Å². The molecule has 5 rings (SSSR count). The van der Waals surface area contributed by atoms with E-state index in [4.69, 9.17) is 0 Å². The Morgan fingerprint density at radius 3 is 2.47 bits per heavy atom. The Hall–Kier alpha value is -4.06. The van der Waals surface area contributed by atoms with E-state index in [2.05, 4.69) is 15.6 Å². The van der Waals surface area contributed by atoms with Crippen molar-refractivity contribution in [1.82, 2.24) is 10.3 Å². The third-order valence-corrected chi connectivity index (χ3v) is 6.48. The van der Waals surface area contributed by atoms with Crippen LogP contribution >= 0.6 is 0 Å². The van der Waals surface area contributed by atoms with Gasteiger partial charge in [0.15, 0.2) is 5.78 Å². The standard InChI is InChI=1S/C28H24FN3O2/c1-17-25(28(34)32-22-12-6-5-11-21(22)29)26(19-10-7-13-30-16-19)27-23(31-17)14-20(15-24(27)33)18-8-3-2-4-9-18/h2-13,16,20,26,31H,14-15H2,1H3,(H,32,34)/t20-,26-/m0/s1. The number of nitrogens with zero attached hydrogens (tertiary/aromatic N) is 1. The number of amides is 1. The van der Waals surface area contributed by atoms with E-state index in [-0.39, 0.29) is 17.4 Å². The van der Waals surface area contributed by atoms with Crippen LogP contribution in [0.1, 0.15) is 42.7 Å². The summed E-state index contributed by atoms with van der Waals surface area (Å²) in [7, 11) is 0. The molecule has 0 saturated heterocycles. The van der Waals surface area contributed by atoms with Crippen LogP contribution in [-0.2, 0) is 9.59 Å². The van der Waals surface area contributed by atoms with Gasteiger partial charge in [-0.2, -0.15) is 0 Å². The Kier molecular flexibility index (Phi) is 5.80. The minimum absolute atomic E-state index is 0.000137. The highest BCUT2D eigenvalue weighted by molar-refractivity contribution is 6.10. The largest absolute Gasteiger partial charge is 0.362 e. The van der Waals surface area contributed by atoms with E-state index in [1.54, 1.807) is 30.6 Å². The highest BCUT2D eigenvalue weighted by Gasteiger charge is 2.41. The number of ketones is 1. The molecule has 34 heavy (non-hydrogen) atoms. The summed E-state index contributed by atoms with van der Waals surface area (Å²) < 4.78 is 14.2. The molecular formula is C28H24FN3O2. The SMILES string of the molecule is CC1=C(C(=O)Nc2ccccc2F)[C@H](c2cccnc2)C2=C(C[C@H](c3ccccc3)CC2=O)N1. The molecule has 0 unspecified atom stereocenters. The zero-order valence-electron chi connectivity index (χ0n) is 18.7. The Morgan fingerprint density at radius 1 is 1.00 bits per heavy atom. The van der Waals surface area contributed by atoms with E-state index in [0.29, 0.717) is 29.7 Å². The zero-order chi connectivity index (χ0) is 23.7. The summed E-state index contributed by atoms with van der Waals surface area (Å²) in [4.78, 5) is 31.2. The van der Waals surface area contributed by atoms with E-state index >= 15 is 0 Å². The van der Waals surface area contributed by atoms with Crippen LogP contribution in [0, 0.1) is 5.82 Å². The van der Waals surface area contributed by atoms with E-state index in [1.165, 1.54) is 12.1 Å². The second-order valence-electron chi connectivity index (χ2n) is 8.65. The lowest BCUT2D eigenvalue weighted by Gasteiger charge is -2.37. The highest BCUT2D eigenvalue weighted by atomic mass is 19.1. The number of allylic oxidation sites excluding steroid dienone is 3. The second kappa shape index (κ2) is 9.06. The van der Waals surface area contributed by atoms with E-state index in [0.717, 1.165) is 16.8 Å². The molecule has 3 aromatic rings. The van der Waals surface area contributed by atoms with Crippen molar-refractivity contribution in [2.75, 3.05) is 5.32 Å². The van der Waals surface area contributed by atoms with Crippen LogP contribution in [0.3, 0.4) is 0 Å². The topological polar surface area (TPSA) is 71.1 Å². The first kappa shape index (κ1) is 21.8. The lowest BCUT2D eigenvalue weighted by atomic mass is 9.72. The summed E-state index contributed by atoms with van der Waals surface area (Å²) >= 11 is 0. The average Bonchev–Trinajstić information content (AvgIpc) is 2.85. The molecule has 5 nitrogen and oxygen atoms in total. The fraction of sp³-hybridized carbons (Fsp3) is 0.179. The van der Waals surface area contributed by atoms with Gasteiger partial charge in [-0.25, -0.2) is 4.39 Å². The number of Topliss-reactive ketones (excluding diaryl/α,β-unsaturated/α-hetero) is 1. The second-order valence-corrected chi connectivity index (χ2v) is 8.65. The monoisotopic (exact) mass is 453 g/mol. The normalized spacial score (nSPS) is 20.0. The molecule has 0 saturated carbocycles. The van der Waals surface area contributed by atoms with Crippen LogP contribution in [0.2, 0.25) is 0 Å². The van der Waals surface area contributed by atoms with Crippen LogP contribution < -0.4 is 10.6 Å². The van der Waals surface area contributed by atoms with Gasteiger partial charge in [0.25, 0.3) is 5.91 Å². The van der Waals surface area contributed by atoms with Crippen LogP contribution in [0.25, 0.3) is 0 Å². The number of aromatic nitrogens is 1. The number of benzene rings is 2. The van der Waals surface area contributed by atoms with Crippen molar-refractivity contribution >= 4 is 17.4 Å². The van der Waals surface area contributed by atoms with E-state index in [1.807, 2.05) is 43.3 Å². The maximum absolute atomic E-state index is 14.2. The summed E-state index contributed by atoms with van der Waals surface area (Å²) in [5.74, 6) is -1.49. The van der Waals surface area contributed by atoms with Gasteiger partial charge in [-0.3, -0.25) is 14.6 Å². The van der Waals surface area contributed by atoms with Gasteiger partial charge in [-0.15, -0.1) is 0 Å². The number of carbonyl (C=O) groups excluding carboxylic acids is 2. The lowest BCUT2D eigenvalue weighted by molar-refractivity contribution is -0.116. The maximum Gasteiger partial charge on any atom is 0.254 e. The molecule has 2 aliphatic rings. The number of para-hydroxylation sites is 1. The Labute approximate surface area is 197 Å². The van der Waals surface area contributed by atoms with Crippen LogP contribution in [0.5, 0.6) is 0 Å². The number of dihydropyridines is 1. The quantitative estimate of drug-likeness (QED) is 0.568. The van der Waals surface area contributed by atoms with Gasteiger partial charge in [-0.1, -0.05) is 48.5 Å². The third-order valence-electron chi connectivity index (χ3n) is 6.48. The number of pyridine rings is 1. The maximum atomic E-state index is 14.2. The van der Waals surface area contributed by atoms with Crippen LogP contribution in [0.15, 0.2) is 102 Å². The Bertz CT molecular complexity index is 1320. The zero-order valence-corrected chi connectivity index (χ0v) is 18.7. The predicted molar refractivity (Wildman–Crippen MR) is 128 cm³/mol. The fourth-order valence-electron chi connectivity index (χ4n) is 4.93. The summed E-state index contributed by atoms with van der Waals surface area (Å²) in [6, 6.07) is 19.7. The molecule has 1 aliphatic carbocycles. The van der Waals surface area contributed by atoms with Crippen molar-refractivity contribution in [2.24, 2.45) is 0 Å². The number of carbonyl (C=O) groups is 2. The first-order valence-electron chi connectivity index (χ1n) is 11.3. The molecule has 2 heterocycles. The number of rotatable bonds is 4. The van der Waals surface area contributed by atoms with Gasteiger partial charge in [0.2, 0.25) is 0 Å². The molecule has 1 amide bonds. The molecule has 0 bridgehead atoms. The van der Waals surface area contributed by atoms with Crippen molar-refractivity contribution in [3.05, 3.63) is 119 Å². The number of hydrogen-bond donors (Lipinski definition) is 2. The number of anilines is 1. The van der Waals surface area contributed by atoms with Crippen LogP contribution in [-0.4, -0.2) is 16.7 Å². The number of nitrogens with one attached hydrogen (secondary N) is 2. The molecule has 0 spiro atoms. The number of halogens is 1. The van der Waals surface area contributed by atoms with Gasteiger partial charge in [-0.05, 0) is 48.6 Å². The van der Waals surface area contributed by atoms with Crippen LogP contribution in [0.4, 0.5) is 10.1 Å². The van der Waals surface area contributed by atoms with Crippen molar-refractivity contribution in [3.63, 3.8) is 0 Å². The summed E-state index contributed by atoms with van der Waals surface area (Å²) in [6.07, 6.45) is 4.37. The molecule has 2 N–H and O–H groups in total. The highest BCUT2D eigenvalue weighted by Crippen LogP contribution is 2.45. The molecular weight excluding hydrogens is 429 g/mol. The first-order chi connectivity index (χ1) is 16.5. The molecule has 6 heteroatoms. The van der Waals surface area contributed by atoms with Gasteiger partial charge in [0, 0.05) is 47.3 Å². The van der Waals surface area contributed by atoms with Gasteiger partial charge in [0.05, 0.1) is 5.69 Å². The molecule has 0 radical (unpaired) electrons. The fourth-order valence-corrected chi connectivity index (χ4v) is 4.93. The minimum atomic E-state index is -0.582. The summed E-state index contributed by atoms with van der Waals surface area (Å²) in [6.45, 7) is 1.82. The first-order valence-corrected chi connectivity index (χ1v) is 11.3. The third kappa shape index (κ3) is 4.03. The number of hydrogen-bond acceptors (Lipinski definition) is 4.